The molecule has 0 heterocycles. The number of ether oxygens (including phenoxy) is 2. The Morgan fingerprint density at radius 1 is 1.29 bits per heavy atom. The maximum atomic E-state index is 12.5. The van der Waals surface area contributed by atoms with Crippen molar-refractivity contribution in [3.63, 3.8) is 0 Å². The second kappa shape index (κ2) is 10.0. The van der Waals surface area contributed by atoms with Crippen LogP contribution in [0.15, 0.2) is 40.4 Å². The summed E-state index contributed by atoms with van der Waals surface area (Å²) in [6.45, 7) is -0.149. The van der Waals surface area contributed by atoms with E-state index in [4.69, 9.17) is 37.9 Å². The third-order valence-corrected chi connectivity index (χ3v) is 4.95. The minimum Gasteiger partial charge on any atom is -0.493 e. The van der Waals surface area contributed by atoms with Crippen LogP contribution in [0.5, 0.6) is 11.5 Å². The third kappa shape index (κ3) is 5.17. The lowest BCUT2D eigenvalue weighted by atomic mass is 10.1. The maximum absolute atomic E-state index is 12.5. The van der Waals surface area contributed by atoms with E-state index in [1.54, 1.807) is 30.3 Å². The molecule has 1 amide bonds. The first-order chi connectivity index (χ1) is 13.4. The highest BCUT2D eigenvalue weighted by Crippen LogP contribution is 2.35. The molecule has 1 N–H and O–H groups in total. The molecule has 0 aliphatic rings. The smallest absolute Gasteiger partial charge is 0.266 e. The van der Waals surface area contributed by atoms with Crippen LogP contribution in [-0.2, 0) is 4.79 Å². The van der Waals surface area contributed by atoms with Crippen molar-refractivity contribution in [2.75, 3.05) is 19.0 Å². The lowest BCUT2D eigenvalue weighted by molar-refractivity contribution is -0.112. The van der Waals surface area contributed by atoms with Crippen molar-refractivity contribution in [3.8, 4) is 23.6 Å². The number of halogens is 3. The minimum absolute atomic E-state index is 0.149. The van der Waals surface area contributed by atoms with Crippen LogP contribution >= 0.6 is 39.1 Å². The minimum atomic E-state index is -0.651. The Labute approximate surface area is 180 Å². The molecule has 2 aromatic rings. The van der Waals surface area contributed by atoms with Gasteiger partial charge < -0.3 is 14.8 Å². The fourth-order valence-electron chi connectivity index (χ4n) is 2.14. The molecule has 0 unspecified atom stereocenters. The van der Waals surface area contributed by atoms with Crippen molar-refractivity contribution in [2.24, 2.45) is 0 Å². The summed E-state index contributed by atoms with van der Waals surface area (Å²) in [7, 11) is 1.44. The van der Waals surface area contributed by atoms with Crippen molar-refractivity contribution in [1.82, 2.24) is 0 Å². The van der Waals surface area contributed by atoms with E-state index in [2.05, 4.69) is 21.2 Å². The average molecular weight is 481 g/mol. The molecule has 2 rings (SSSR count). The number of nitrogens with one attached hydrogen (secondary N) is 1. The topological polar surface area (TPSA) is 95.1 Å². The highest BCUT2D eigenvalue weighted by atomic mass is 79.9. The molecule has 0 aliphatic carbocycles. The molecule has 0 radical (unpaired) electrons. The summed E-state index contributed by atoms with van der Waals surface area (Å²) in [6.07, 6.45) is 1.38. The monoisotopic (exact) mass is 479 g/mol. The highest BCUT2D eigenvalue weighted by Gasteiger charge is 2.15. The molecule has 9 heteroatoms. The van der Waals surface area contributed by atoms with E-state index in [1.165, 1.54) is 13.2 Å². The summed E-state index contributed by atoms with van der Waals surface area (Å²) in [5.41, 5.74) is 0.631. The molecule has 0 aromatic heterocycles. The quantitative estimate of drug-likeness (QED) is 0.452. The van der Waals surface area contributed by atoms with Gasteiger partial charge in [-0.3, -0.25) is 4.79 Å². The Morgan fingerprint density at radius 3 is 2.68 bits per heavy atom. The number of methoxy groups -OCH3 is 1. The fraction of sp³-hybridized carbons (Fsp3) is 0.105. The number of carbonyl (C=O) groups is 1. The number of nitrogens with zero attached hydrogens (tertiary/aromatic N) is 2. The predicted octanol–water partition coefficient (Wildman–Crippen LogP) is 5.21. The fourth-order valence-corrected chi connectivity index (χ4v) is 2.92. The first-order valence-corrected chi connectivity index (χ1v) is 9.20. The van der Waals surface area contributed by atoms with Crippen molar-refractivity contribution < 1.29 is 14.3 Å². The van der Waals surface area contributed by atoms with Gasteiger partial charge in [-0.15, -0.1) is 0 Å². The van der Waals surface area contributed by atoms with Crippen LogP contribution in [0.1, 0.15) is 5.56 Å². The van der Waals surface area contributed by atoms with E-state index >= 15 is 0 Å². The Bertz CT molecular complexity index is 1030. The molecule has 0 saturated carbocycles. The molecule has 0 bridgehead atoms. The van der Waals surface area contributed by atoms with Gasteiger partial charge >= 0.3 is 0 Å². The molecular weight excluding hydrogens is 469 g/mol. The number of benzene rings is 2. The maximum Gasteiger partial charge on any atom is 0.266 e. The average Bonchev–Trinajstić information content (AvgIpc) is 2.68. The van der Waals surface area contributed by atoms with Gasteiger partial charge in [0.15, 0.2) is 18.1 Å². The lowest BCUT2D eigenvalue weighted by Gasteiger charge is -2.11. The number of nitriles is 2. The van der Waals surface area contributed by atoms with Crippen LogP contribution in [0, 0.1) is 22.7 Å². The summed E-state index contributed by atoms with van der Waals surface area (Å²) in [4.78, 5) is 12.5. The normalized spacial score (nSPS) is 10.6. The third-order valence-electron chi connectivity index (χ3n) is 3.44. The molecule has 2 aromatic carbocycles. The van der Waals surface area contributed by atoms with Crippen LogP contribution in [0.25, 0.3) is 6.08 Å². The Kier molecular flexibility index (Phi) is 7.71. The molecule has 0 atom stereocenters. The molecular formula is C19H12BrCl2N3O3. The number of amides is 1. The summed E-state index contributed by atoms with van der Waals surface area (Å²) in [6, 6.07) is 11.7. The van der Waals surface area contributed by atoms with Crippen LogP contribution in [0.2, 0.25) is 10.0 Å². The van der Waals surface area contributed by atoms with Gasteiger partial charge in [0.2, 0.25) is 0 Å². The summed E-state index contributed by atoms with van der Waals surface area (Å²) < 4.78 is 11.1. The SMILES string of the molecule is COc1cc(/C=C(/C#N)C(=O)Nc2cccc(Cl)c2Cl)c(Br)cc1OCC#N. The highest BCUT2D eigenvalue weighted by molar-refractivity contribution is 9.10. The second-order valence-corrected chi connectivity index (χ2v) is 6.84. The van der Waals surface area contributed by atoms with Crippen LogP contribution in [0.3, 0.4) is 0 Å². The number of hydrogen-bond donors (Lipinski definition) is 1. The molecule has 0 saturated heterocycles. The van der Waals surface area contributed by atoms with Crippen LogP contribution < -0.4 is 14.8 Å². The van der Waals surface area contributed by atoms with Crippen LogP contribution in [0.4, 0.5) is 5.69 Å². The van der Waals surface area contributed by atoms with Crippen molar-refractivity contribution in [1.29, 1.82) is 10.5 Å². The van der Waals surface area contributed by atoms with E-state index in [-0.39, 0.29) is 27.9 Å². The van der Waals surface area contributed by atoms with Crippen molar-refractivity contribution in [3.05, 3.63) is 56.0 Å². The van der Waals surface area contributed by atoms with Gasteiger partial charge in [0, 0.05) is 4.47 Å². The number of anilines is 1. The predicted molar refractivity (Wildman–Crippen MR) is 110 cm³/mol. The lowest BCUT2D eigenvalue weighted by Crippen LogP contribution is -2.13. The van der Waals surface area contributed by atoms with Gasteiger partial charge in [-0.25, -0.2) is 0 Å². The zero-order valence-electron chi connectivity index (χ0n) is 14.4. The number of hydrogen-bond acceptors (Lipinski definition) is 5. The second-order valence-electron chi connectivity index (χ2n) is 5.20. The summed E-state index contributed by atoms with van der Waals surface area (Å²) in [5, 5.41) is 21.1. The molecule has 0 spiro atoms. The molecule has 0 fully saturated rings. The van der Waals surface area contributed by atoms with Gasteiger partial charge in [0.25, 0.3) is 5.91 Å². The van der Waals surface area contributed by atoms with Gasteiger partial charge in [-0.05, 0) is 35.9 Å². The van der Waals surface area contributed by atoms with E-state index < -0.39 is 5.91 Å². The van der Waals surface area contributed by atoms with Gasteiger partial charge in [-0.1, -0.05) is 45.2 Å². The number of carbonyl (C=O) groups excluding carboxylic acids is 1. The Morgan fingerprint density at radius 2 is 2.04 bits per heavy atom. The number of rotatable bonds is 6. The van der Waals surface area contributed by atoms with E-state index in [0.29, 0.717) is 21.5 Å². The Hall–Kier alpha value is -2.71. The zero-order valence-corrected chi connectivity index (χ0v) is 17.5. The van der Waals surface area contributed by atoms with Gasteiger partial charge in [-0.2, -0.15) is 10.5 Å². The van der Waals surface area contributed by atoms with Crippen LogP contribution in [-0.4, -0.2) is 19.6 Å². The Balaban J connectivity index is 2.35. The van der Waals surface area contributed by atoms with E-state index in [9.17, 15) is 10.1 Å². The molecule has 28 heavy (non-hydrogen) atoms. The standard InChI is InChI=1S/C19H12BrCl2N3O3/c1-27-16-8-11(13(20)9-17(16)28-6-5-23)7-12(10-24)19(26)25-15-4-2-3-14(21)18(15)22/h2-4,7-9H,6H2,1H3,(H,25,26)/b12-7-. The molecule has 142 valence electrons. The van der Waals surface area contributed by atoms with Crippen molar-refractivity contribution in [2.45, 2.75) is 0 Å². The zero-order chi connectivity index (χ0) is 20.7. The van der Waals surface area contributed by atoms with Gasteiger partial charge in [0.1, 0.15) is 17.7 Å². The summed E-state index contributed by atoms with van der Waals surface area (Å²) in [5.74, 6) is 0.0457. The molecule has 6 nitrogen and oxygen atoms in total. The van der Waals surface area contributed by atoms with E-state index in [1.807, 2.05) is 12.1 Å². The first kappa shape index (κ1) is 21.6. The van der Waals surface area contributed by atoms with E-state index in [0.717, 1.165) is 0 Å². The first-order valence-electron chi connectivity index (χ1n) is 7.65. The van der Waals surface area contributed by atoms with Gasteiger partial charge in [0.05, 0.1) is 22.8 Å². The summed E-state index contributed by atoms with van der Waals surface area (Å²) >= 11 is 15.3. The molecule has 0 aliphatic heterocycles. The largest absolute Gasteiger partial charge is 0.493 e. The van der Waals surface area contributed by atoms with Crippen molar-refractivity contribution >= 4 is 56.8 Å².